The van der Waals surface area contributed by atoms with Crippen LogP contribution in [0.4, 0.5) is 4.39 Å². The van der Waals surface area contributed by atoms with E-state index >= 15 is 0 Å². The van der Waals surface area contributed by atoms with Gasteiger partial charge in [-0.25, -0.2) is 4.39 Å². The molecule has 1 aromatic rings. The lowest BCUT2D eigenvalue weighted by molar-refractivity contribution is -0.144. The van der Waals surface area contributed by atoms with Gasteiger partial charge in [0.05, 0.1) is 13.2 Å². The van der Waals surface area contributed by atoms with E-state index in [2.05, 4.69) is 0 Å². The molecule has 0 radical (unpaired) electrons. The van der Waals surface area contributed by atoms with Crippen LogP contribution in [0.2, 0.25) is 5.02 Å². The highest BCUT2D eigenvalue weighted by Gasteiger charge is 2.10. The number of nitrogens with zero attached hydrogens (tertiary/aromatic N) is 1. The van der Waals surface area contributed by atoms with Gasteiger partial charge in [-0.05, 0) is 37.7 Å². The summed E-state index contributed by atoms with van der Waals surface area (Å²) in [5.74, 6) is -0.642. The molecule has 0 bridgehead atoms. The highest BCUT2D eigenvalue weighted by molar-refractivity contribution is 6.31. The van der Waals surface area contributed by atoms with E-state index in [4.69, 9.17) is 16.3 Å². The van der Waals surface area contributed by atoms with E-state index < -0.39 is 0 Å². The van der Waals surface area contributed by atoms with Crippen LogP contribution in [0.3, 0.4) is 0 Å². The molecule has 1 aromatic carbocycles. The zero-order valence-corrected chi connectivity index (χ0v) is 10.6. The van der Waals surface area contributed by atoms with E-state index in [1.165, 1.54) is 18.2 Å². The molecule has 17 heavy (non-hydrogen) atoms. The number of carbonyl (C=O) groups is 1. The van der Waals surface area contributed by atoms with E-state index in [0.29, 0.717) is 23.7 Å². The Balaban J connectivity index is 2.58. The lowest BCUT2D eigenvalue weighted by atomic mass is 10.2. The van der Waals surface area contributed by atoms with Crippen LogP contribution in [0.15, 0.2) is 18.2 Å². The molecule has 3 nitrogen and oxygen atoms in total. The molecule has 0 N–H and O–H groups in total. The number of hydrogen-bond donors (Lipinski definition) is 0. The largest absolute Gasteiger partial charge is 0.465 e. The van der Waals surface area contributed by atoms with Gasteiger partial charge in [0.25, 0.3) is 0 Å². The topological polar surface area (TPSA) is 29.5 Å². The molecule has 0 aliphatic rings. The van der Waals surface area contributed by atoms with Gasteiger partial charge in [-0.3, -0.25) is 9.69 Å². The molecule has 0 spiro atoms. The van der Waals surface area contributed by atoms with Gasteiger partial charge in [-0.15, -0.1) is 0 Å². The lowest BCUT2D eigenvalue weighted by Crippen LogP contribution is -2.27. The fourth-order valence-electron chi connectivity index (χ4n) is 1.44. The number of benzene rings is 1. The maximum Gasteiger partial charge on any atom is 0.320 e. The van der Waals surface area contributed by atoms with E-state index in [9.17, 15) is 9.18 Å². The fourth-order valence-corrected chi connectivity index (χ4v) is 1.62. The Bertz CT molecular complexity index is 398. The Morgan fingerprint density at radius 1 is 1.53 bits per heavy atom. The molecular weight excluding hydrogens is 245 g/mol. The Morgan fingerprint density at radius 2 is 2.24 bits per heavy atom. The van der Waals surface area contributed by atoms with Crippen LogP contribution in [0.25, 0.3) is 0 Å². The number of hydrogen-bond acceptors (Lipinski definition) is 3. The molecule has 1 rings (SSSR count). The second kappa shape index (κ2) is 6.57. The number of ether oxygens (including phenoxy) is 1. The van der Waals surface area contributed by atoms with Crippen LogP contribution in [0.1, 0.15) is 12.5 Å². The zero-order valence-electron chi connectivity index (χ0n) is 9.87. The number of likely N-dealkylation sites (N-methyl/N-ethyl adjacent to an activating group) is 1. The molecule has 94 valence electrons. The third kappa shape index (κ3) is 4.71. The summed E-state index contributed by atoms with van der Waals surface area (Å²) in [5, 5.41) is 0.488. The molecule has 0 fully saturated rings. The highest BCUT2D eigenvalue weighted by Crippen LogP contribution is 2.18. The molecule has 0 atom stereocenters. The van der Waals surface area contributed by atoms with Gasteiger partial charge in [0.15, 0.2) is 0 Å². The molecule has 0 aliphatic heterocycles. The number of carbonyl (C=O) groups excluding carboxylic acids is 1. The van der Waals surface area contributed by atoms with Crippen LogP contribution in [0.5, 0.6) is 0 Å². The third-order valence-corrected chi connectivity index (χ3v) is 2.52. The summed E-state index contributed by atoms with van der Waals surface area (Å²) in [6.45, 7) is 2.66. The Morgan fingerprint density at radius 3 is 2.88 bits per heavy atom. The van der Waals surface area contributed by atoms with E-state index in [-0.39, 0.29) is 18.3 Å². The van der Waals surface area contributed by atoms with Crippen LogP contribution in [-0.2, 0) is 16.1 Å². The summed E-state index contributed by atoms with van der Waals surface area (Å²) in [4.78, 5) is 12.9. The number of esters is 1. The first-order chi connectivity index (χ1) is 8.02. The quantitative estimate of drug-likeness (QED) is 0.761. The van der Waals surface area contributed by atoms with Gasteiger partial charge in [-0.1, -0.05) is 11.6 Å². The summed E-state index contributed by atoms with van der Waals surface area (Å²) in [6.07, 6.45) is 0. The van der Waals surface area contributed by atoms with Crippen molar-refractivity contribution < 1.29 is 13.9 Å². The molecule has 0 aliphatic carbocycles. The summed E-state index contributed by atoms with van der Waals surface area (Å²) >= 11 is 5.93. The second-order valence-corrected chi connectivity index (χ2v) is 4.12. The fraction of sp³-hybridized carbons (Fsp3) is 0.417. The van der Waals surface area contributed by atoms with Crippen molar-refractivity contribution in [2.45, 2.75) is 13.5 Å². The van der Waals surface area contributed by atoms with Crippen molar-refractivity contribution in [1.29, 1.82) is 0 Å². The smallest absolute Gasteiger partial charge is 0.320 e. The van der Waals surface area contributed by atoms with Crippen molar-refractivity contribution in [1.82, 2.24) is 4.90 Å². The predicted octanol–water partition coefficient (Wildman–Crippen LogP) is 2.47. The Kier molecular flexibility index (Phi) is 5.38. The minimum atomic E-state index is -0.339. The van der Waals surface area contributed by atoms with Gasteiger partial charge in [0.1, 0.15) is 5.82 Å². The average molecular weight is 260 g/mol. The molecule has 0 aromatic heterocycles. The van der Waals surface area contributed by atoms with Crippen molar-refractivity contribution in [3.63, 3.8) is 0 Å². The van der Waals surface area contributed by atoms with Crippen LogP contribution in [-0.4, -0.2) is 31.1 Å². The van der Waals surface area contributed by atoms with Crippen LogP contribution < -0.4 is 0 Å². The van der Waals surface area contributed by atoms with Crippen molar-refractivity contribution in [2.24, 2.45) is 0 Å². The van der Waals surface area contributed by atoms with Crippen molar-refractivity contribution >= 4 is 17.6 Å². The Labute approximate surface area is 105 Å². The van der Waals surface area contributed by atoms with E-state index in [0.717, 1.165) is 0 Å². The zero-order chi connectivity index (χ0) is 12.8. The minimum absolute atomic E-state index is 0.153. The SMILES string of the molecule is CCOC(=O)CN(C)Cc1cc(F)ccc1Cl. The van der Waals surface area contributed by atoms with Gasteiger partial charge < -0.3 is 4.74 Å². The average Bonchev–Trinajstić information content (AvgIpc) is 2.23. The monoisotopic (exact) mass is 259 g/mol. The van der Waals surface area contributed by atoms with Gasteiger partial charge >= 0.3 is 5.97 Å². The molecule has 0 saturated carbocycles. The second-order valence-electron chi connectivity index (χ2n) is 3.71. The summed E-state index contributed by atoms with van der Waals surface area (Å²) in [7, 11) is 1.75. The van der Waals surface area contributed by atoms with Gasteiger partial charge in [-0.2, -0.15) is 0 Å². The predicted molar refractivity (Wildman–Crippen MR) is 64.4 cm³/mol. The maximum atomic E-state index is 13.0. The molecule has 5 heteroatoms. The van der Waals surface area contributed by atoms with E-state index in [1.54, 1.807) is 18.9 Å². The molecule has 0 saturated heterocycles. The first-order valence-electron chi connectivity index (χ1n) is 5.31. The number of halogens is 2. The van der Waals surface area contributed by atoms with Gasteiger partial charge in [0.2, 0.25) is 0 Å². The van der Waals surface area contributed by atoms with Crippen molar-refractivity contribution in [2.75, 3.05) is 20.2 Å². The maximum absolute atomic E-state index is 13.0. The Hall–Kier alpha value is -1.13. The van der Waals surface area contributed by atoms with E-state index in [1.807, 2.05) is 0 Å². The van der Waals surface area contributed by atoms with Crippen LogP contribution >= 0.6 is 11.6 Å². The first kappa shape index (κ1) is 13.9. The molecule has 0 unspecified atom stereocenters. The standard InChI is InChI=1S/C12H15ClFNO2/c1-3-17-12(16)8-15(2)7-9-6-10(14)4-5-11(9)13/h4-6H,3,7-8H2,1-2H3. The summed E-state index contributed by atoms with van der Waals surface area (Å²) in [5.41, 5.74) is 0.651. The molecule has 0 amide bonds. The molecular formula is C12H15ClFNO2. The van der Waals surface area contributed by atoms with Crippen LogP contribution in [0, 0.1) is 5.82 Å². The highest BCUT2D eigenvalue weighted by atomic mass is 35.5. The number of rotatable bonds is 5. The first-order valence-corrected chi connectivity index (χ1v) is 5.68. The summed E-state index contributed by atoms with van der Waals surface area (Å²) in [6, 6.07) is 4.17. The van der Waals surface area contributed by atoms with Crippen molar-refractivity contribution in [3.05, 3.63) is 34.6 Å². The van der Waals surface area contributed by atoms with Crippen molar-refractivity contribution in [3.8, 4) is 0 Å². The third-order valence-electron chi connectivity index (χ3n) is 2.15. The molecule has 0 heterocycles. The normalized spacial score (nSPS) is 10.6. The summed E-state index contributed by atoms with van der Waals surface area (Å²) < 4.78 is 17.8. The lowest BCUT2D eigenvalue weighted by Gasteiger charge is -2.16. The minimum Gasteiger partial charge on any atom is -0.465 e. The van der Waals surface area contributed by atoms with Gasteiger partial charge in [0, 0.05) is 11.6 Å².